The molecule has 0 amide bonds. The van der Waals surface area contributed by atoms with Crippen LogP contribution in [0.3, 0.4) is 0 Å². The molecule has 0 radical (unpaired) electrons. The first kappa shape index (κ1) is 20.3. The van der Waals surface area contributed by atoms with Crippen molar-refractivity contribution in [2.24, 2.45) is 0 Å². The lowest BCUT2D eigenvalue weighted by atomic mass is 9.80. The highest BCUT2D eigenvalue weighted by Crippen LogP contribution is 2.40. The SMILES string of the molecule is C[C@@H](COC(c1ccccc1)(c1ccccc1)c1ccccc1)OS(C)(=O)=O. The van der Waals surface area contributed by atoms with Gasteiger partial charge in [-0.15, -0.1) is 0 Å². The Bertz CT molecular complexity index is 874. The van der Waals surface area contributed by atoms with Crippen molar-refractivity contribution in [3.63, 3.8) is 0 Å². The first-order chi connectivity index (χ1) is 13.4. The van der Waals surface area contributed by atoms with Crippen molar-refractivity contribution >= 4 is 10.1 Å². The first-order valence-electron chi connectivity index (χ1n) is 9.10. The van der Waals surface area contributed by atoms with Gasteiger partial charge in [0.25, 0.3) is 10.1 Å². The predicted octanol–water partition coefficient (Wildman–Crippen LogP) is 4.36. The maximum atomic E-state index is 11.5. The van der Waals surface area contributed by atoms with Crippen LogP contribution in [0.25, 0.3) is 0 Å². The zero-order valence-corrected chi connectivity index (χ0v) is 16.8. The van der Waals surface area contributed by atoms with E-state index in [1.54, 1.807) is 6.92 Å². The van der Waals surface area contributed by atoms with Crippen LogP contribution in [0.4, 0.5) is 0 Å². The molecule has 1 atom stereocenters. The van der Waals surface area contributed by atoms with Gasteiger partial charge < -0.3 is 4.74 Å². The van der Waals surface area contributed by atoms with Crippen molar-refractivity contribution in [3.8, 4) is 0 Å². The Labute approximate surface area is 166 Å². The molecule has 3 rings (SSSR count). The van der Waals surface area contributed by atoms with E-state index < -0.39 is 21.8 Å². The molecule has 0 aliphatic rings. The molecule has 4 nitrogen and oxygen atoms in total. The van der Waals surface area contributed by atoms with Crippen LogP contribution in [0.2, 0.25) is 0 Å². The molecule has 0 N–H and O–H groups in total. The van der Waals surface area contributed by atoms with Crippen molar-refractivity contribution in [2.45, 2.75) is 18.6 Å². The molecule has 28 heavy (non-hydrogen) atoms. The molecule has 0 saturated carbocycles. The lowest BCUT2D eigenvalue weighted by Gasteiger charge is -2.36. The van der Waals surface area contributed by atoms with E-state index in [1.807, 2.05) is 91.0 Å². The van der Waals surface area contributed by atoms with E-state index in [4.69, 9.17) is 8.92 Å². The van der Waals surface area contributed by atoms with E-state index in [0.717, 1.165) is 22.9 Å². The molecule has 0 spiro atoms. The second kappa shape index (κ2) is 8.69. The number of ether oxygens (including phenoxy) is 1. The molecule has 5 heteroatoms. The highest BCUT2D eigenvalue weighted by atomic mass is 32.2. The molecular weight excluding hydrogens is 372 g/mol. The third-order valence-corrected chi connectivity index (χ3v) is 5.09. The summed E-state index contributed by atoms with van der Waals surface area (Å²) in [7, 11) is -3.56. The smallest absolute Gasteiger partial charge is 0.264 e. The molecule has 0 bridgehead atoms. The Kier molecular flexibility index (Phi) is 6.29. The number of hydrogen-bond acceptors (Lipinski definition) is 4. The summed E-state index contributed by atoms with van der Waals surface area (Å²) in [6, 6.07) is 29.8. The van der Waals surface area contributed by atoms with Crippen LogP contribution < -0.4 is 0 Å². The topological polar surface area (TPSA) is 52.6 Å². The van der Waals surface area contributed by atoms with Gasteiger partial charge in [0.2, 0.25) is 0 Å². The second-order valence-electron chi connectivity index (χ2n) is 6.70. The highest BCUT2D eigenvalue weighted by molar-refractivity contribution is 7.86. The number of benzene rings is 3. The van der Waals surface area contributed by atoms with Gasteiger partial charge in [0.1, 0.15) is 5.60 Å². The fourth-order valence-electron chi connectivity index (χ4n) is 3.34. The number of hydrogen-bond donors (Lipinski definition) is 0. The van der Waals surface area contributed by atoms with Crippen LogP contribution in [0.5, 0.6) is 0 Å². The van der Waals surface area contributed by atoms with E-state index >= 15 is 0 Å². The van der Waals surface area contributed by atoms with Crippen molar-refractivity contribution < 1.29 is 17.3 Å². The molecule has 3 aromatic carbocycles. The summed E-state index contributed by atoms with van der Waals surface area (Å²) in [5, 5.41) is 0. The van der Waals surface area contributed by atoms with Gasteiger partial charge in [-0.3, -0.25) is 4.18 Å². The van der Waals surface area contributed by atoms with Gasteiger partial charge in [-0.1, -0.05) is 91.0 Å². The van der Waals surface area contributed by atoms with E-state index in [-0.39, 0.29) is 6.61 Å². The van der Waals surface area contributed by atoms with Gasteiger partial charge in [0, 0.05) is 0 Å². The molecule has 0 aliphatic carbocycles. The van der Waals surface area contributed by atoms with Gasteiger partial charge in [-0.05, 0) is 23.6 Å². The van der Waals surface area contributed by atoms with Crippen LogP contribution >= 0.6 is 0 Å². The molecule has 0 saturated heterocycles. The van der Waals surface area contributed by atoms with E-state index in [2.05, 4.69) is 0 Å². The minimum Gasteiger partial charge on any atom is -0.358 e. The minimum atomic E-state index is -3.56. The Morgan fingerprint density at radius 3 is 1.43 bits per heavy atom. The summed E-state index contributed by atoms with van der Waals surface area (Å²) in [5.74, 6) is 0. The molecule has 0 aromatic heterocycles. The summed E-state index contributed by atoms with van der Waals surface area (Å²) in [5.41, 5.74) is 1.98. The van der Waals surface area contributed by atoms with Gasteiger partial charge in [-0.25, -0.2) is 0 Å². The molecule has 0 unspecified atom stereocenters. The standard InChI is InChI=1S/C23H24O4S/c1-19(27-28(2,24)25)18-26-23(20-12-6-3-7-13-20,21-14-8-4-9-15-21)22-16-10-5-11-17-22/h3-17,19H,18H2,1-2H3/t19-/m0/s1. The molecule has 3 aromatic rings. The summed E-state index contributed by atoms with van der Waals surface area (Å²) in [6.07, 6.45) is 0.424. The fourth-order valence-corrected chi connectivity index (χ4v) is 3.99. The lowest BCUT2D eigenvalue weighted by Crippen LogP contribution is -2.36. The maximum absolute atomic E-state index is 11.5. The lowest BCUT2D eigenvalue weighted by molar-refractivity contribution is -0.0240. The first-order valence-corrected chi connectivity index (χ1v) is 10.9. The Morgan fingerprint density at radius 1 is 0.750 bits per heavy atom. The van der Waals surface area contributed by atoms with Crippen molar-refractivity contribution in [3.05, 3.63) is 108 Å². The van der Waals surface area contributed by atoms with Gasteiger partial charge in [0.05, 0.1) is 19.0 Å². The second-order valence-corrected chi connectivity index (χ2v) is 8.30. The van der Waals surface area contributed by atoms with Gasteiger partial charge in [-0.2, -0.15) is 8.42 Å². The molecule has 0 aliphatic heterocycles. The normalized spacial score (nSPS) is 13.2. The van der Waals surface area contributed by atoms with Crippen molar-refractivity contribution in [1.82, 2.24) is 0 Å². The van der Waals surface area contributed by atoms with Crippen LogP contribution in [0.1, 0.15) is 23.6 Å². The number of rotatable bonds is 8. The third-order valence-electron chi connectivity index (χ3n) is 4.41. The van der Waals surface area contributed by atoms with Crippen molar-refractivity contribution in [2.75, 3.05) is 12.9 Å². The Morgan fingerprint density at radius 2 is 1.11 bits per heavy atom. The quantitative estimate of drug-likeness (QED) is 0.419. The molecule has 146 valence electrons. The summed E-state index contributed by atoms with van der Waals surface area (Å²) >= 11 is 0. The highest BCUT2D eigenvalue weighted by Gasteiger charge is 2.38. The molecule has 0 heterocycles. The summed E-state index contributed by atoms with van der Waals surface area (Å²) in [4.78, 5) is 0. The fraction of sp³-hybridized carbons (Fsp3) is 0.217. The van der Waals surface area contributed by atoms with Crippen LogP contribution in [0, 0.1) is 0 Å². The average molecular weight is 397 g/mol. The Balaban J connectivity index is 2.11. The average Bonchev–Trinajstić information content (AvgIpc) is 2.70. The van der Waals surface area contributed by atoms with Crippen LogP contribution in [0.15, 0.2) is 91.0 Å². The summed E-state index contributed by atoms with van der Waals surface area (Å²) in [6.45, 7) is 1.79. The monoisotopic (exact) mass is 396 g/mol. The maximum Gasteiger partial charge on any atom is 0.264 e. The summed E-state index contributed by atoms with van der Waals surface area (Å²) < 4.78 is 34.6. The van der Waals surface area contributed by atoms with E-state index in [1.165, 1.54) is 0 Å². The predicted molar refractivity (Wildman–Crippen MR) is 111 cm³/mol. The molecule has 0 fully saturated rings. The van der Waals surface area contributed by atoms with E-state index in [9.17, 15) is 8.42 Å². The van der Waals surface area contributed by atoms with Crippen LogP contribution in [-0.4, -0.2) is 27.4 Å². The molecular formula is C23H24O4S. The van der Waals surface area contributed by atoms with Crippen molar-refractivity contribution in [1.29, 1.82) is 0 Å². The minimum absolute atomic E-state index is 0.103. The van der Waals surface area contributed by atoms with E-state index in [0.29, 0.717) is 0 Å². The zero-order chi connectivity index (χ0) is 20.0. The zero-order valence-electron chi connectivity index (χ0n) is 16.0. The van der Waals surface area contributed by atoms with Gasteiger partial charge >= 0.3 is 0 Å². The van der Waals surface area contributed by atoms with Crippen LogP contribution in [-0.2, 0) is 24.6 Å². The third kappa shape index (κ3) is 4.68. The van der Waals surface area contributed by atoms with Gasteiger partial charge in [0.15, 0.2) is 0 Å². The largest absolute Gasteiger partial charge is 0.358 e. The Hall–Kier alpha value is -2.47.